The van der Waals surface area contributed by atoms with Crippen LogP contribution in [0.5, 0.6) is 0 Å². The molecule has 2 rings (SSSR count). The summed E-state index contributed by atoms with van der Waals surface area (Å²) in [5.41, 5.74) is 1.37. The Morgan fingerprint density at radius 1 is 1.11 bits per heavy atom. The van der Waals surface area contributed by atoms with E-state index in [0.717, 1.165) is 0 Å². The Labute approximate surface area is 109 Å². The molecule has 90 valence electrons. The molecule has 0 aliphatic carbocycles. The van der Waals surface area contributed by atoms with Crippen molar-refractivity contribution in [3.63, 3.8) is 0 Å². The summed E-state index contributed by atoms with van der Waals surface area (Å²) in [5, 5.41) is 9.56. The fourth-order valence-corrected chi connectivity index (χ4v) is 1.68. The minimum atomic E-state index is -0.976. The van der Waals surface area contributed by atoms with Gasteiger partial charge in [-0.05, 0) is 18.2 Å². The van der Waals surface area contributed by atoms with Crippen molar-refractivity contribution in [3.8, 4) is 0 Å². The maximum absolute atomic E-state index is 11.0. The monoisotopic (exact) mass is 259 g/mol. The summed E-state index contributed by atoms with van der Waals surface area (Å²) >= 11 is 5.96. The molecule has 0 aliphatic heterocycles. The number of hydrogen-bond donors (Lipinski definition) is 1. The van der Waals surface area contributed by atoms with Gasteiger partial charge in [0.05, 0.1) is 16.3 Å². The molecule has 0 saturated carbocycles. The average Bonchev–Trinajstić information content (AvgIpc) is 2.38. The Hall–Kier alpha value is -2.13. The first-order valence-electron chi connectivity index (χ1n) is 5.29. The van der Waals surface area contributed by atoms with Crippen LogP contribution in [0.3, 0.4) is 0 Å². The van der Waals surface area contributed by atoms with E-state index in [1.807, 2.05) is 12.1 Å². The number of aromatic carboxylic acids is 1. The highest BCUT2D eigenvalue weighted by atomic mass is 35.5. The largest absolute Gasteiger partial charge is 0.478 e. The zero-order valence-corrected chi connectivity index (χ0v) is 10.1. The third-order valence-electron chi connectivity index (χ3n) is 2.39. The van der Waals surface area contributed by atoms with Gasteiger partial charge < -0.3 is 5.11 Å². The van der Waals surface area contributed by atoms with Gasteiger partial charge in [0.2, 0.25) is 0 Å². The second-order valence-corrected chi connectivity index (χ2v) is 4.01. The van der Waals surface area contributed by atoms with E-state index in [1.165, 1.54) is 12.3 Å². The van der Waals surface area contributed by atoms with E-state index in [1.54, 1.807) is 30.3 Å². The Kier molecular flexibility index (Phi) is 3.75. The highest BCUT2D eigenvalue weighted by Crippen LogP contribution is 2.23. The van der Waals surface area contributed by atoms with Crippen molar-refractivity contribution in [1.29, 1.82) is 0 Å². The summed E-state index contributed by atoms with van der Waals surface area (Å²) in [6.45, 7) is 0. The Morgan fingerprint density at radius 2 is 1.78 bits per heavy atom. The Bertz CT molecular complexity index is 608. The molecule has 18 heavy (non-hydrogen) atoms. The molecule has 1 N–H and O–H groups in total. The summed E-state index contributed by atoms with van der Waals surface area (Å²) in [6, 6.07) is 13.8. The van der Waals surface area contributed by atoms with Gasteiger partial charge in [-0.3, -0.25) is 4.99 Å². The van der Waals surface area contributed by atoms with Gasteiger partial charge in [-0.15, -0.1) is 0 Å². The van der Waals surface area contributed by atoms with Gasteiger partial charge in [-0.25, -0.2) is 4.79 Å². The summed E-state index contributed by atoms with van der Waals surface area (Å²) in [4.78, 5) is 15.2. The highest BCUT2D eigenvalue weighted by Gasteiger charge is 2.06. The van der Waals surface area contributed by atoms with Crippen LogP contribution in [0.2, 0.25) is 5.02 Å². The molecule has 4 heteroatoms. The van der Waals surface area contributed by atoms with Crippen LogP contribution in [-0.2, 0) is 0 Å². The van der Waals surface area contributed by atoms with Crippen molar-refractivity contribution in [1.82, 2.24) is 0 Å². The molecule has 0 heterocycles. The first-order chi connectivity index (χ1) is 8.68. The fourth-order valence-electron chi connectivity index (χ4n) is 1.50. The molecule has 2 aromatic rings. The highest BCUT2D eigenvalue weighted by molar-refractivity contribution is 6.33. The first kappa shape index (κ1) is 12.3. The Morgan fingerprint density at radius 3 is 2.50 bits per heavy atom. The molecule has 0 saturated heterocycles. The fraction of sp³-hybridized carbons (Fsp3) is 0. The van der Waals surface area contributed by atoms with Crippen molar-refractivity contribution in [3.05, 3.63) is 64.7 Å². The molecule has 3 nitrogen and oxygen atoms in total. The topological polar surface area (TPSA) is 49.7 Å². The van der Waals surface area contributed by atoms with Crippen LogP contribution in [0.1, 0.15) is 15.9 Å². The maximum atomic E-state index is 11.0. The predicted octanol–water partition coefficient (Wildman–Crippen LogP) is 3.79. The number of para-hydroxylation sites is 1. The van der Waals surface area contributed by atoms with Gasteiger partial charge in [-0.1, -0.05) is 41.9 Å². The van der Waals surface area contributed by atoms with E-state index in [4.69, 9.17) is 16.7 Å². The summed E-state index contributed by atoms with van der Waals surface area (Å²) in [7, 11) is 0. The van der Waals surface area contributed by atoms with Crippen LogP contribution in [0.4, 0.5) is 5.69 Å². The van der Waals surface area contributed by atoms with Crippen molar-refractivity contribution >= 4 is 29.5 Å². The summed E-state index contributed by atoms with van der Waals surface area (Å²) in [5.74, 6) is -0.976. The van der Waals surface area contributed by atoms with Crippen LogP contribution in [-0.4, -0.2) is 17.3 Å². The number of benzene rings is 2. The van der Waals surface area contributed by atoms with Crippen LogP contribution < -0.4 is 0 Å². The van der Waals surface area contributed by atoms with Crippen molar-refractivity contribution in [2.75, 3.05) is 0 Å². The van der Waals surface area contributed by atoms with E-state index < -0.39 is 5.97 Å². The van der Waals surface area contributed by atoms with Crippen LogP contribution in [0, 0.1) is 0 Å². The molecular formula is C14H10ClNO2. The standard InChI is InChI=1S/C14H10ClNO2/c15-12-7-3-4-8-13(12)16-9-10-5-1-2-6-11(10)14(17)18/h1-9H,(H,17,18)/b16-9-. The van der Waals surface area contributed by atoms with Crippen LogP contribution >= 0.6 is 11.6 Å². The van der Waals surface area contributed by atoms with Gasteiger partial charge in [-0.2, -0.15) is 0 Å². The van der Waals surface area contributed by atoms with Crippen molar-refractivity contribution in [2.45, 2.75) is 0 Å². The van der Waals surface area contributed by atoms with Gasteiger partial charge in [0, 0.05) is 11.8 Å². The molecule has 0 bridgehead atoms. The SMILES string of the molecule is O=C(O)c1ccccc1/C=N\c1ccccc1Cl. The normalized spacial score (nSPS) is 10.7. The van der Waals surface area contributed by atoms with E-state index in [9.17, 15) is 4.79 Å². The van der Waals surface area contributed by atoms with Gasteiger partial charge in [0.1, 0.15) is 0 Å². The number of carbonyl (C=O) groups is 1. The van der Waals surface area contributed by atoms with E-state index in [-0.39, 0.29) is 5.56 Å². The molecule has 0 amide bonds. The molecule has 0 fully saturated rings. The lowest BCUT2D eigenvalue weighted by Gasteiger charge is -2.00. The average molecular weight is 260 g/mol. The number of rotatable bonds is 3. The minimum absolute atomic E-state index is 0.216. The number of hydrogen-bond acceptors (Lipinski definition) is 2. The van der Waals surface area contributed by atoms with E-state index in [2.05, 4.69) is 4.99 Å². The summed E-state index contributed by atoms with van der Waals surface area (Å²) < 4.78 is 0. The molecular weight excluding hydrogens is 250 g/mol. The van der Waals surface area contributed by atoms with Crippen LogP contribution in [0.25, 0.3) is 0 Å². The van der Waals surface area contributed by atoms with Gasteiger partial charge >= 0.3 is 5.97 Å². The predicted molar refractivity (Wildman–Crippen MR) is 72.1 cm³/mol. The number of halogens is 1. The van der Waals surface area contributed by atoms with Crippen molar-refractivity contribution < 1.29 is 9.90 Å². The minimum Gasteiger partial charge on any atom is -0.478 e. The molecule has 0 aliphatic rings. The molecule has 0 unspecified atom stereocenters. The lowest BCUT2D eigenvalue weighted by atomic mass is 10.1. The Balaban J connectivity index is 2.35. The molecule has 0 aromatic heterocycles. The lowest BCUT2D eigenvalue weighted by Crippen LogP contribution is -2.01. The van der Waals surface area contributed by atoms with E-state index in [0.29, 0.717) is 16.3 Å². The molecule has 0 spiro atoms. The van der Waals surface area contributed by atoms with Crippen molar-refractivity contribution in [2.24, 2.45) is 4.99 Å². The second-order valence-electron chi connectivity index (χ2n) is 3.60. The van der Waals surface area contributed by atoms with Gasteiger partial charge in [0.25, 0.3) is 0 Å². The van der Waals surface area contributed by atoms with E-state index >= 15 is 0 Å². The first-order valence-corrected chi connectivity index (χ1v) is 5.67. The molecule has 2 aromatic carbocycles. The number of nitrogens with zero attached hydrogens (tertiary/aromatic N) is 1. The smallest absolute Gasteiger partial charge is 0.336 e. The number of aliphatic imine (C=N–C) groups is 1. The number of carboxylic acids is 1. The molecule has 0 radical (unpaired) electrons. The zero-order chi connectivity index (χ0) is 13.0. The zero-order valence-electron chi connectivity index (χ0n) is 9.38. The molecule has 0 atom stereocenters. The third kappa shape index (κ3) is 2.76. The van der Waals surface area contributed by atoms with Crippen LogP contribution in [0.15, 0.2) is 53.5 Å². The lowest BCUT2D eigenvalue weighted by molar-refractivity contribution is 0.0697. The maximum Gasteiger partial charge on any atom is 0.336 e. The quantitative estimate of drug-likeness (QED) is 0.853. The van der Waals surface area contributed by atoms with Gasteiger partial charge in [0.15, 0.2) is 0 Å². The summed E-state index contributed by atoms with van der Waals surface area (Å²) in [6.07, 6.45) is 1.50. The second kappa shape index (κ2) is 5.47. The number of carboxylic acid groups (broad SMARTS) is 1. The third-order valence-corrected chi connectivity index (χ3v) is 2.71.